The number of halogens is 1. The number of fused-ring (bicyclic) bond motifs is 1. The molecular formula is C14H11FN4O2. The van der Waals surface area contributed by atoms with Gasteiger partial charge in [-0.1, -0.05) is 11.3 Å². The number of aromatic carboxylic acids is 1. The summed E-state index contributed by atoms with van der Waals surface area (Å²) in [7, 11) is 0. The Morgan fingerprint density at radius 1 is 1.38 bits per heavy atom. The summed E-state index contributed by atoms with van der Waals surface area (Å²) in [5, 5.41) is 16.9. The molecule has 0 radical (unpaired) electrons. The van der Waals surface area contributed by atoms with Crippen molar-refractivity contribution in [3.63, 3.8) is 0 Å². The van der Waals surface area contributed by atoms with Gasteiger partial charge in [0.05, 0.1) is 17.8 Å². The number of carboxylic acids is 1. The van der Waals surface area contributed by atoms with Gasteiger partial charge < -0.3 is 5.11 Å². The Bertz CT molecular complexity index is 844. The van der Waals surface area contributed by atoms with E-state index in [2.05, 4.69) is 15.3 Å². The second-order valence-electron chi connectivity index (χ2n) is 4.59. The predicted molar refractivity (Wildman–Crippen MR) is 72.5 cm³/mol. The van der Waals surface area contributed by atoms with Crippen LogP contribution >= 0.6 is 0 Å². The maximum Gasteiger partial charge on any atom is 0.358 e. The molecule has 0 amide bonds. The lowest BCUT2D eigenvalue weighted by atomic mass is 10.1. The van der Waals surface area contributed by atoms with Gasteiger partial charge in [-0.25, -0.2) is 13.9 Å². The Morgan fingerprint density at radius 2 is 2.19 bits per heavy atom. The number of aromatic nitrogens is 4. The SMILES string of the molecule is Cc1c(C(=O)O)nnn1Cc1ccc(F)c2cccnc12. The molecule has 0 aliphatic rings. The molecule has 0 aliphatic heterocycles. The van der Waals surface area contributed by atoms with Gasteiger partial charge >= 0.3 is 5.97 Å². The zero-order valence-electron chi connectivity index (χ0n) is 11.1. The molecule has 6 nitrogen and oxygen atoms in total. The molecule has 21 heavy (non-hydrogen) atoms. The maximum absolute atomic E-state index is 13.7. The molecule has 1 aromatic carbocycles. The number of nitrogens with zero attached hydrogens (tertiary/aromatic N) is 4. The van der Waals surface area contributed by atoms with E-state index in [1.165, 1.54) is 10.7 Å². The first-order valence-corrected chi connectivity index (χ1v) is 6.23. The van der Waals surface area contributed by atoms with Crippen LogP contribution in [-0.2, 0) is 6.54 Å². The highest BCUT2D eigenvalue weighted by molar-refractivity contribution is 5.86. The van der Waals surface area contributed by atoms with E-state index in [0.717, 1.165) is 5.56 Å². The lowest BCUT2D eigenvalue weighted by molar-refractivity contribution is 0.0689. The monoisotopic (exact) mass is 286 g/mol. The summed E-state index contributed by atoms with van der Waals surface area (Å²) in [6, 6.07) is 6.30. The zero-order chi connectivity index (χ0) is 15.0. The maximum atomic E-state index is 13.7. The van der Waals surface area contributed by atoms with E-state index in [0.29, 0.717) is 16.6 Å². The van der Waals surface area contributed by atoms with Gasteiger partial charge in [0.25, 0.3) is 0 Å². The van der Waals surface area contributed by atoms with Crippen LogP contribution in [0.5, 0.6) is 0 Å². The van der Waals surface area contributed by atoms with Gasteiger partial charge in [-0.2, -0.15) is 0 Å². The van der Waals surface area contributed by atoms with E-state index < -0.39 is 5.97 Å². The third kappa shape index (κ3) is 2.22. The Balaban J connectivity index is 2.07. The summed E-state index contributed by atoms with van der Waals surface area (Å²) in [5.41, 5.74) is 1.63. The number of pyridine rings is 1. The molecule has 106 valence electrons. The van der Waals surface area contributed by atoms with Crippen molar-refractivity contribution in [2.24, 2.45) is 0 Å². The van der Waals surface area contributed by atoms with Crippen LogP contribution in [0.4, 0.5) is 4.39 Å². The van der Waals surface area contributed by atoms with Gasteiger partial charge in [-0.15, -0.1) is 5.10 Å². The fraction of sp³-hybridized carbons (Fsp3) is 0.143. The third-order valence-corrected chi connectivity index (χ3v) is 3.31. The number of benzene rings is 1. The van der Waals surface area contributed by atoms with Crippen LogP contribution in [0.2, 0.25) is 0 Å². The van der Waals surface area contributed by atoms with E-state index in [1.807, 2.05) is 0 Å². The van der Waals surface area contributed by atoms with Crippen molar-refractivity contribution in [2.45, 2.75) is 13.5 Å². The topological polar surface area (TPSA) is 80.9 Å². The van der Waals surface area contributed by atoms with E-state index >= 15 is 0 Å². The number of carbonyl (C=O) groups is 1. The fourth-order valence-corrected chi connectivity index (χ4v) is 2.19. The quantitative estimate of drug-likeness (QED) is 0.796. The molecule has 2 aromatic heterocycles. The highest BCUT2D eigenvalue weighted by atomic mass is 19.1. The number of hydrogen-bond acceptors (Lipinski definition) is 4. The highest BCUT2D eigenvalue weighted by Gasteiger charge is 2.16. The average Bonchev–Trinajstić information content (AvgIpc) is 2.84. The molecule has 0 aliphatic carbocycles. The van der Waals surface area contributed by atoms with Gasteiger partial charge in [0.2, 0.25) is 0 Å². The lowest BCUT2D eigenvalue weighted by Crippen LogP contribution is -2.07. The van der Waals surface area contributed by atoms with Crippen molar-refractivity contribution in [3.05, 3.63) is 53.2 Å². The van der Waals surface area contributed by atoms with Gasteiger partial charge in [-0.05, 0) is 25.1 Å². The summed E-state index contributed by atoms with van der Waals surface area (Å²) >= 11 is 0. The van der Waals surface area contributed by atoms with Crippen LogP contribution < -0.4 is 0 Å². The number of hydrogen-bond donors (Lipinski definition) is 1. The van der Waals surface area contributed by atoms with E-state index in [9.17, 15) is 9.18 Å². The summed E-state index contributed by atoms with van der Waals surface area (Å²) in [5.74, 6) is -1.47. The Labute approximate surface area is 118 Å². The molecule has 0 fully saturated rings. The summed E-state index contributed by atoms with van der Waals surface area (Å²) < 4.78 is 15.2. The van der Waals surface area contributed by atoms with Crippen LogP contribution in [0.1, 0.15) is 21.7 Å². The van der Waals surface area contributed by atoms with Gasteiger partial charge in [0, 0.05) is 17.1 Å². The van der Waals surface area contributed by atoms with Crippen molar-refractivity contribution >= 4 is 16.9 Å². The molecule has 0 saturated heterocycles. The minimum atomic E-state index is -1.12. The molecule has 0 unspecified atom stereocenters. The molecular weight excluding hydrogens is 275 g/mol. The first-order valence-electron chi connectivity index (χ1n) is 6.23. The number of carboxylic acid groups (broad SMARTS) is 1. The zero-order valence-corrected chi connectivity index (χ0v) is 11.1. The summed E-state index contributed by atoms with van der Waals surface area (Å²) in [6.07, 6.45) is 1.59. The van der Waals surface area contributed by atoms with Crippen molar-refractivity contribution in [1.29, 1.82) is 0 Å². The number of rotatable bonds is 3. The average molecular weight is 286 g/mol. The minimum Gasteiger partial charge on any atom is -0.476 e. The Kier molecular flexibility index (Phi) is 3.09. The molecule has 3 rings (SSSR count). The van der Waals surface area contributed by atoms with Crippen LogP contribution in [-0.4, -0.2) is 31.1 Å². The molecule has 0 spiro atoms. The molecule has 3 aromatic rings. The highest BCUT2D eigenvalue weighted by Crippen LogP contribution is 2.20. The summed E-state index contributed by atoms with van der Waals surface area (Å²) in [4.78, 5) is 15.2. The molecule has 0 saturated carbocycles. The van der Waals surface area contributed by atoms with Crippen LogP contribution in [0.15, 0.2) is 30.5 Å². The molecule has 1 N–H and O–H groups in total. The van der Waals surface area contributed by atoms with E-state index in [1.54, 1.807) is 31.3 Å². The van der Waals surface area contributed by atoms with Crippen LogP contribution in [0.3, 0.4) is 0 Å². The first-order chi connectivity index (χ1) is 10.1. The largest absolute Gasteiger partial charge is 0.476 e. The normalized spacial score (nSPS) is 11.0. The van der Waals surface area contributed by atoms with Gasteiger partial charge in [0.1, 0.15) is 5.82 Å². The Morgan fingerprint density at radius 3 is 2.90 bits per heavy atom. The van der Waals surface area contributed by atoms with Crippen molar-refractivity contribution in [2.75, 3.05) is 0 Å². The van der Waals surface area contributed by atoms with Gasteiger partial charge in [0.15, 0.2) is 5.69 Å². The minimum absolute atomic E-state index is 0.0885. The van der Waals surface area contributed by atoms with Gasteiger partial charge in [-0.3, -0.25) is 4.98 Å². The predicted octanol–water partition coefficient (Wildman–Crippen LogP) is 2.02. The first kappa shape index (κ1) is 13.2. The molecule has 2 heterocycles. The molecule has 0 bridgehead atoms. The standard InChI is InChI=1S/C14H11FN4O2/c1-8-12(14(20)21)17-18-19(8)7-9-4-5-11(15)10-3-2-6-16-13(9)10/h2-6H,7H2,1H3,(H,20,21). The van der Waals surface area contributed by atoms with Crippen molar-refractivity contribution in [1.82, 2.24) is 20.0 Å². The van der Waals surface area contributed by atoms with E-state index in [-0.39, 0.29) is 18.1 Å². The Hall–Kier alpha value is -2.83. The van der Waals surface area contributed by atoms with Crippen LogP contribution in [0.25, 0.3) is 10.9 Å². The molecule has 7 heteroatoms. The summed E-state index contributed by atoms with van der Waals surface area (Å²) in [6.45, 7) is 1.91. The third-order valence-electron chi connectivity index (χ3n) is 3.31. The second kappa shape index (κ2) is 4.93. The lowest BCUT2D eigenvalue weighted by Gasteiger charge is -2.07. The van der Waals surface area contributed by atoms with Crippen molar-refractivity contribution in [3.8, 4) is 0 Å². The van der Waals surface area contributed by atoms with E-state index in [4.69, 9.17) is 5.11 Å². The fourth-order valence-electron chi connectivity index (χ4n) is 2.19. The van der Waals surface area contributed by atoms with Crippen molar-refractivity contribution < 1.29 is 14.3 Å². The second-order valence-corrected chi connectivity index (χ2v) is 4.59. The smallest absolute Gasteiger partial charge is 0.358 e. The molecule has 0 atom stereocenters. The van der Waals surface area contributed by atoms with Crippen LogP contribution in [0, 0.1) is 12.7 Å².